The highest BCUT2D eigenvalue weighted by molar-refractivity contribution is 7.90. The van der Waals surface area contributed by atoms with Gasteiger partial charge in [0.05, 0.1) is 29.0 Å². The summed E-state index contributed by atoms with van der Waals surface area (Å²) in [4.78, 5) is 72.1. The molecule has 3 fully saturated rings. The average Bonchev–Trinajstić information content (AvgIpc) is 3.88. The van der Waals surface area contributed by atoms with Gasteiger partial charge in [0.15, 0.2) is 5.82 Å². The lowest BCUT2D eigenvalue weighted by Gasteiger charge is -2.36. The van der Waals surface area contributed by atoms with Crippen LogP contribution in [0.25, 0.3) is 22.2 Å². The Labute approximate surface area is 365 Å². The van der Waals surface area contributed by atoms with E-state index < -0.39 is 62.2 Å². The van der Waals surface area contributed by atoms with Gasteiger partial charge in [-0.15, -0.1) is 0 Å². The summed E-state index contributed by atoms with van der Waals surface area (Å²) in [5.74, 6) is -4.79. The first-order valence-corrected chi connectivity index (χ1v) is 21.9. The standard InChI is InChI=1S/C42H44F3N11O7S/c1-3-53(2)64(62,63)52-31-6-5-29(43)36(37(31)45)38(59)28-22-47-39-27(28)16-24(19-46-39)25-20-48-41(49-21-25)55-14-12-54(13-15-55)35(58)18-42(61)10-11-56(23-42)33-8-4-26(17-30(33)44)50-32-7-9-34(57)51-40(32)60/h4-6,8,16-17,19-22,32,50,52,61H,3,7,9-15,18,23H2,1-2H3,(H,46,47)(H,51,57,60). The number of nitrogens with one attached hydrogen (secondary N) is 4. The summed E-state index contributed by atoms with van der Waals surface area (Å²) in [5, 5.41) is 16.9. The monoisotopic (exact) mass is 903 g/mol. The van der Waals surface area contributed by atoms with Crippen LogP contribution in [0.2, 0.25) is 0 Å². The maximum atomic E-state index is 15.6. The lowest BCUT2D eigenvalue weighted by molar-refractivity contribution is -0.136. The number of pyridine rings is 1. The van der Waals surface area contributed by atoms with Crippen molar-refractivity contribution in [1.29, 1.82) is 0 Å². The van der Waals surface area contributed by atoms with E-state index in [1.807, 2.05) is 4.90 Å². The Bertz CT molecular complexity index is 2770. The van der Waals surface area contributed by atoms with Crippen molar-refractivity contribution in [3.63, 3.8) is 0 Å². The number of amides is 3. The molecule has 2 atom stereocenters. The number of carbonyl (C=O) groups is 4. The number of halogens is 3. The van der Waals surface area contributed by atoms with Gasteiger partial charge < -0.3 is 30.1 Å². The number of anilines is 4. The SMILES string of the molecule is CCN(C)S(=O)(=O)Nc1ccc(F)c(C(=O)c2c[nH]c3ncc(-c4cnc(N5CCN(C(=O)CC6(O)CCN(c7ccc(NC8CCC(=O)NC8=O)cc7F)C6)CC5)nc4)cc23)c1F. The first-order chi connectivity index (χ1) is 30.5. The lowest BCUT2D eigenvalue weighted by atomic mass is 9.98. The van der Waals surface area contributed by atoms with Gasteiger partial charge in [0, 0.05) is 112 Å². The largest absolute Gasteiger partial charge is 0.387 e. The molecule has 3 aromatic heterocycles. The molecule has 6 heterocycles. The number of hydrogen-bond acceptors (Lipinski definition) is 13. The number of piperazine rings is 1. The molecule has 2 unspecified atom stereocenters. The first kappa shape index (κ1) is 44.0. The van der Waals surface area contributed by atoms with E-state index in [1.54, 1.807) is 47.3 Å². The van der Waals surface area contributed by atoms with Crippen LogP contribution in [0.5, 0.6) is 0 Å². The number of hydrogen-bond donors (Lipinski definition) is 5. The topological polar surface area (TPSA) is 226 Å². The number of imide groups is 1. The average molecular weight is 904 g/mol. The van der Waals surface area contributed by atoms with Gasteiger partial charge in [-0.05, 0) is 49.2 Å². The minimum atomic E-state index is -4.17. The predicted molar refractivity (Wildman–Crippen MR) is 229 cm³/mol. The van der Waals surface area contributed by atoms with Crippen LogP contribution < -0.4 is 25.2 Å². The maximum absolute atomic E-state index is 15.6. The molecule has 3 amide bonds. The van der Waals surface area contributed by atoms with Crippen LogP contribution in [-0.4, -0.2) is 131 Å². The fourth-order valence-corrected chi connectivity index (χ4v) is 8.92. The summed E-state index contributed by atoms with van der Waals surface area (Å²) < 4.78 is 74.0. The fraction of sp³-hybridized carbons (Fsp3) is 0.357. The molecular formula is C42H44F3N11O7S. The zero-order valence-electron chi connectivity index (χ0n) is 34.7. The number of piperidine rings is 1. The Kier molecular flexibility index (Phi) is 12.0. The molecule has 0 saturated carbocycles. The Hall–Kier alpha value is -6.65. The summed E-state index contributed by atoms with van der Waals surface area (Å²) in [5.41, 5.74) is -1.08. The molecule has 0 spiro atoms. The van der Waals surface area contributed by atoms with Crippen LogP contribution >= 0.6 is 0 Å². The van der Waals surface area contributed by atoms with E-state index in [1.165, 1.54) is 25.5 Å². The Morgan fingerprint density at radius 1 is 0.953 bits per heavy atom. The van der Waals surface area contributed by atoms with E-state index in [9.17, 15) is 32.7 Å². The summed E-state index contributed by atoms with van der Waals surface area (Å²) in [6.45, 7) is 3.55. The molecule has 0 aliphatic carbocycles. The molecule has 5 aromatic rings. The van der Waals surface area contributed by atoms with E-state index in [0.717, 1.165) is 16.4 Å². The van der Waals surface area contributed by atoms with Crippen molar-refractivity contribution in [2.24, 2.45) is 0 Å². The van der Waals surface area contributed by atoms with Crippen molar-refractivity contribution >= 4 is 67.8 Å². The van der Waals surface area contributed by atoms with Gasteiger partial charge in [-0.1, -0.05) is 6.92 Å². The molecular weight excluding hydrogens is 860 g/mol. The molecule has 3 saturated heterocycles. The van der Waals surface area contributed by atoms with Gasteiger partial charge in [-0.25, -0.2) is 28.1 Å². The van der Waals surface area contributed by atoms with Gasteiger partial charge in [-0.2, -0.15) is 12.7 Å². The minimum Gasteiger partial charge on any atom is -0.387 e. The predicted octanol–water partition coefficient (Wildman–Crippen LogP) is 3.17. The highest BCUT2D eigenvalue weighted by Gasteiger charge is 2.40. The second-order valence-electron chi connectivity index (χ2n) is 16.0. The van der Waals surface area contributed by atoms with Gasteiger partial charge in [-0.3, -0.25) is 29.2 Å². The molecule has 18 nitrogen and oxygen atoms in total. The number of aromatic nitrogens is 4. The van der Waals surface area contributed by atoms with Gasteiger partial charge in [0.1, 0.15) is 23.3 Å². The Morgan fingerprint density at radius 3 is 2.39 bits per heavy atom. The summed E-state index contributed by atoms with van der Waals surface area (Å²) in [7, 11) is -2.90. The molecule has 3 aliphatic rings. The van der Waals surface area contributed by atoms with E-state index >= 15 is 13.2 Å². The summed E-state index contributed by atoms with van der Waals surface area (Å²) >= 11 is 0. The number of aliphatic hydroxyl groups is 1. The number of carbonyl (C=O) groups excluding carboxylic acids is 4. The molecule has 8 rings (SSSR count). The van der Waals surface area contributed by atoms with Gasteiger partial charge in [0.25, 0.3) is 0 Å². The number of β-amino-alcohol motifs (C(OH)–C–C–N with tert-alkyl or cyclic N) is 1. The number of aromatic amines is 1. The smallest absolute Gasteiger partial charge is 0.301 e. The minimum absolute atomic E-state index is 0.0498. The number of nitrogens with zero attached hydrogens (tertiary/aromatic N) is 7. The van der Waals surface area contributed by atoms with Crippen molar-refractivity contribution in [2.45, 2.75) is 44.2 Å². The third-order valence-electron chi connectivity index (χ3n) is 11.8. The van der Waals surface area contributed by atoms with Crippen LogP contribution in [0.1, 0.15) is 48.5 Å². The molecule has 3 aliphatic heterocycles. The van der Waals surface area contributed by atoms with Crippen LogP contribution in [0.4, 0.5) is 36.2 Å². The number of H-pyrrole nitrogens is 1. The van der Waals surface area contributed by atoms with E-state index in [-0.39, 0.29) is 66.5 Å². The van der Waals surface area contributed by atoms with Gasteiger partial charge in [0.2, 0.25) is 29.5 Å². The molecule has 5 N–H and O–H groups in total. The Morgan fingerprint density at radius 2 is 1.69 bits per heavy atom. The van der Waals surface area contributed by atoms with Crippen LogP contribution in [-0.2, 0) is 24.6 Å². The second kappa shape index (κ2) is 17.5. The van der Waals surface area contributed by atoms with Crippen molar-refractivity contribution in [1.82, 2.24) is 34.5 Å². The second-order valence-corrected chi connectivity index (χ2v) is 17.8. The maximum Gasteiger partial charge on any atom is 0.301 e. The van der Waals surface area contributed by atoms with Crippen LogP contribution in [0.15, 0.2) is 61.2 Å². The van der Waals surface area contributed by atoms with Crippen LogP contribution in [0, 0.1) is 17.5 Å². The highest BCUT2D eigenvalue weighted by Crippen LogP contribution is 2.34. The van der Waals surface area contributed by atoms with E-state index in [4.69, 9.17) is 0 Å². The Balaban J connectivity index is 0.869. The zero-order chi connectivity index (χ0) is 45.5. The van der Waals surface area contributed by atoms with Crippen molar-refractivity contribution in [2.75, 3.05) is 72.7 Å². The highest BCUT2D eigenvalue weighted by atomic mass is 32.2. The molecule has 2 aromatic carbocycles. The zero-order valence-corrected chi connectivity index (χ0v) is 35.5. The quantitative estimate of drug-likeness (QED) is 0.0847. The molecule has 64 heavy (non-hydrogen) atoms. The summed E-state index contributed by atoms with van der Waals surface area (Å²) in [6, 6.07) is 7.10. The fourth-order valence-electron chi connectivity index (χ4n) is 7.98. The molecule has 0 bridgehead atoms. The first-order valence-electron chi connectivity index (χ1n) is 20.5. The number of benzene rings is 2. The molecule has 22 heteroatoms. The van der Waals surface area contributed by atoms with E-state index in [0.29, 0.717) is 61.9 Å². The number of ketones is 1. The van der Waals surface area contributed by atoms with E-state index in [2.05, 4.69) is 35.3 Å². The third-order valence-corrected chi connectivity index (χ3v) is 13.3. The summed E-state index contributed by atoms with van der Waals surface area (Å²) in [6.07, 6.45) is 6.50. The number of rotatable bonds is 13. The van der Waals surface area contributed by atoms with Gasteiger partial charge >= 0.3 is 10.2 Å². The lowest BCUT2D eigenvalue weighted by Crippen LogP contribution is -2.51. The van der Waals surface area contributed by atoms with Crippen molar-refractivity contribution < 1.29 is 45.9 Å². The normalized spacial score (nSPS) is 19.4. The third kappa shape index (κ3) is 8.92. The van der Waals surface area contributed by atoms with Crippen LogP contribution in [0.3, 0.4) is 0 Å². The molecule has 336 valence electrons. The van der Waals surface area contributed by atoms with Crippen molar-refractivity contribution in [3.05, 3.63) is 89.8 Å². The van der Waals surface area contributed by atoms with Crippen molar-refractivity contribution in [3.8, 4) is 11.1 Å². The number of fused-ring (bicyclic) bond motifs is 1. The molecule has 0 radical (unpaired) electrons.